The average molecular weight is 264 g/mol. The Hall–Kier alpha value is -2.75. The third kappa shape index (κ3) is 2.12. The van der Waals surface area contributed by atoms with Crippen LogP contribution in [0.15, 0.2) is 54.9 Å². The third-order valence-corrected chi connectivity index (χ3v) is 3.10. The molecule has 0 radical (unpaired) electrons. The molecule has 0 aliphatic rings. The summed E-state index contributed by atoms with van der Waals surface area (Å²) in [7, 11) is 1.59. The Labute approximate surface area is 116 Å². The van der Waals surface area contributed by atoms with E-state index in [1.165, 1.54) is 0 Å². The van der Waals surface area contributed by atoms with Gasteiger partial charge in [0.15, 0.2) is 5.78 Å². The number of rotatable bonds is 3. The summed E-state index contributed by atoms with van der Waals surface area (Å²) >= 11 is 0. The van der Waals surface area contributed by atoms with E-state index in [0.29, 0.717) is 22.2 Å². The molecule has 20 heavy (non-hydrogen) atoms. The lowest BCUT2D eigenvalue weighted by molar-refractivity contribution is 0.104. The van der Waals surface area contributed by atoms with E-state index in [0.717, 1.165) is 5.75 Å². The van der Waals surface area contributed by atoms with Gasteiger partial charge in [-0.05, 0) is 36.4 Å². The summed E-state index contributed by atoms with van der Waals surface area (Å²) in [6.45, 7) is 0. The highest BCUT2D eigenvalue weighted by atomic mass is 16.5. The molecule has 0 bridgehead atoms. The number of carbonyl (C=O) groups is 1. The summed E-state index contributed by atoms with van der Waals surface area (Å²) in [6, 6.07) is 12.4. The van der Waals surface area contributed by atoms with E-state index < -0.39 is 0 Å². The molecule has 0 fully saturated rings. The molecule has 0 N–H and O–H groups in total. The molecule has 0 unspecified atom stereocenters. The van der Waals surface area contributed by atoms with E-state index in [2.05, 4.69) is 9.97 Å². The van der Waals surface area contributed by atoms with Crippen molar-refractivity contribution < 1.29 is 9.53 Å². The van der Waals surface area contributed by atoms with Crippen molar-refractivity contribution in [2.24, 2.45) is 0 Å². The maximum atomic E-state index is 12.6. The van der Waals surface area contributed by atoms with Gasteiger partial charge in [-0.2, -0.15) is 0 Å². The first-order valence-corrected chi connectivity index (χ1v) is 6.18. The number of methoxy groups -OCH3 is 1. The first-order chi connectivity index (χ1) is 9.79. The molecule has 4 nitrogen and oxygen atoms in total. The van der Waals surface area contributed by atoms with Gasteiger partial charge >= 0.3 is 0 Å². The molecule has 2 aromatic carbocycles. The van der Waals surface area contributed by atoms with Crippen LogP contribution in [0.1, 0.15) is 15.9 Å². The van der Waals surface area contributed by atoms with Crippen molar-refractivity contribution in [3.05, 3.63) is 66.0 Å². The molecule has 0 amide bonds. The fourth-order valence-corrected chi connectivity index (χ4v) is 2.07. The summed E-state index contributed by atoms with van der Waals surface area (Å²) in [5.41, 5.74) is 2.49. The quantitative estimate of drug-likeness (QED) is 0.682. The molecule has 98 valence electrons. The lowest BCUT2D eigenvalue weighted by Crippen LogP contribution is -2.03. The van der Waals surface area contributed by atoms with Crippen LogP contribution in [0.4, 0.5) is 0 Å². The van der Waals surface area contributed by atoms with Gasteiger partial charge < -0.3 is 4.74 Å². The molecule has 0 aliphatic carbocycles. The van der Waals surface area contributed by atoms with Crippen LogP contribution in [0.25, 0.3) is 11.0 Å². The molecule has 0 aliphatic heterocycles. The number of fused-ring (bicyclic) bond motifs is 1. The van der Waals surface area contributed by atoms with Crippen LogP contribution in [0.3, 0.4) is 0 Å². The summed E-state index contributed by atoms with van der Waals surface area (Å²) in [4.78, 5) is 21.0. The molecular weight excluding hydrogens is 252 g/mol. The second kappa shape index (κ2) is 5.09. The van der Waals surface area contributed by atoms with Gasteiger partial charge in [-0.25, -0.2) is 0 Å². The van der Waals surface area contributed by atoms with E-state index in [1.54, 1.807) is 49.8 Å². The van der Waals surface area contributed by atoms with Crippen LogP contribution >= 0.6 is 0 Å². The highest BCUT2D eigenvalue weighted by Gasteiger charge is 2.13. The Bertz CT molecular complexity index is 762. The molecule has 0 saturated heterocycles. The average Bonchev–Trinajstić information content (AvgIpc) is 2.54. The van der Waals surface area contributed by atoms with Gasteiger partial charge in [-0.1, -0.05) is 6.07 Å². The van der Waals surface area contributed by atoms with Crippen molar-refractivity contribution >= 4 is 16.8 Å². The van der Waals surface area contributed by atoms with Gasteiger partial charge in [0, 0.05) is 18.0 Å². The largest absolute Gasteiger partial charge is 0.497 e. The molecule has 3 aromatic rings. The van der Waals surface area contributed by atoms with Crippen LogP contribution < -0.4 is 4.74 Å². The van der Waals surface area contributed by atoms with Crippen molar-refractivity contribution in [1.29, 1.82) is 0 Å². The number of hydrogen-bond acceptors (Lipinski definition) is 4. The summed E-state index contributed by atoms with van der Waals surface area (Å²) in [5, 5.41) is 0. The fraction of sp³-hybridized carbons (Fsp3) is 0.0625. The van der Waals surface area contributed by atoms with Crippen LogP contribution in [0.5, 0.6) is 5.75 Å². The number of ketones is 1. The predicted octanol–water partition coefficient (Wildman–Crippen LogP) is 2.87. The molecule has 4 heteroatoms. The van der Waals surface area contributed by atoms with E-state index in [-0.39, 0.29) is 5.78 Å². The number of nitrogens with zero attached hydrogens (tertiary/aromatic N) is 2. The Morgan fingerprint density at radius 1 is 1.00 bits per heavy atom. The second-order valence-corrected chi connectivity index (χ2v) is 4.29. The zero-order chi connectivity index (χ0) is 13.9. The molecular formula is C16H12N2O2. The van der Waals surface area contributed by atoms with E-state index in [1.807, 2.05) is 12.1 Å². The normalized spacial score (nSPS) is 10.4. The lowest BCUT2D eigenvalue weighted by Gasteiger charge is -2.05. The Morgan fingerprint density at radius 3 is 2.50 bits per heavy atom. The predicted molar refractivity (Wildman–Crippen MR) is 76.0 cm³/mol. The summed E-state index contributed by atoms with van der Waals surface area (Å²) < 4.78 is 5.09. The topological polar surface area (TPSA) is 52.1 Å². The van der Waals surface area contributed by atoms with Gasteiger partial charge in [0.05, 0.1) is 23.7 Å². The molecule has 1 aromatic heterocycles. The smallest absolute Gasteiger partial charge is 0.195 e. The molecule has 0 spiro atoms. The summed E-state index contributed by atoms with van der Waals surface area (Å²) in [5.74, 6) is 0.651. The zero-order valence-electron chi connectivity index (χ0n) is 10.9. The van der Waals surface area contributed by atoms with Gasteiger partial charge in [0.2, 0.25) is 0 Å². The standard InChI is InChI=1S/C16H12N2O2/c1-20-12-7-5-11(6-8-12)16(19)13-3-2-4-14-15(13)18-10-9-17-14/h2-10H,1H3. The number of para-hydroxylation sites is 1. The highest BCUT2D eigenvalue weighted by molar-refractivity contribution is 6.15. The lowest BCUT2D eigenvalue weighted by atomic mass is 10.0. The van der Waals surface area contributed by atoms with Crippen molar-refractivity contribution in [3.63, 3.8) is 0 Å². The number of aromatic nitrogens is 2. The maximum absolute atomic E-state index is 12.6. The first kappa shape index (κ1) is 12.3. The van der Waals surface area contributed by atoms with Gasteiger partial charge in [-0.15, -0.1) is 0 Å². The second-order valence-electron chi connectivity index (χ2n) is 4.29. The molecule has 1 heterocycles. The molecule has 0 saturated carbocycles. The minimum absolute atomic E-state index is 0.0706. The minimum atomic E-state index is -0.0706. The van der Waals surface area contributed by atoms with Crippen LogP contribution in [0, 0.1) is 0 Å². The Kier molecular flexibility index (Phi) is 3.13. The van der Waals surface area contributed by atoms with Crippen molar-refractivity contribution in [2.45, 2.75) is 0 Å². The minimum Gasteiger partial charge on any atom is -0.497 e. The summed E-state index contributed by atoms with van der Waals surface area (Å²) in [6.07, 6.45) is 3.21. The number of hydrogen-bond donors (Lipinski definition) is 0. The van der Waals surface area contributed by atoms with Gasteiger partial charge in [-0.3, -0.25) is 14.8 Å². The van der Waals surface area contributed by atoms with Crippen molar-refractivity contribution in [3.8, 4) is 5.75 Å². The highest BCUT2D eigenvalue weighted by Crippen LogP contribution is 2.19. The Morgan fingerprint density at radius 2 is 1.75 bits per heavy atom. The van der Waals surface area contributed by atoms with Crippen LogP contribution in [-0.4, -0.2) is 22.9 Å². The Balaban J connectivity index is 2.07. The number of benzene rings is 2. The van der Waals surface area contributed by atoms with Crippen molar-refractivity contribution in [1.82, 2.24) is 9.97 Å². The first-order valence-electron chi connectivity index (χ1n) is 6.18. The van der Waals surface area contributed by atoms with Crippen LogP contribution in [0.2, 0.25) is 0 Å². The van der Waals surface area contributed by atoms with E-state index in [4.69, 9.17) is 4.74 Å². The number of ether oxygens (including phenoxy) is 1. The molecule has 0 atom stereocenters. The van der Waals surface area contributed by atoms with E-state index >= 15 is 0 Å². The zero-order valence-corrected chi connectivity index (χ0v) is 10.9. The maximum Gasteiger partial charge on any atom is 0.195 e. The molecule has 3 rings (SSSR count). The van der Waals surface area contributed by atoms with Gasteiger partial charge in [0.1, 0.15) is 5.75 Å². The van der Waals surface area contributed by atoms with Crippen molar-refractivity contribution in [2.75, 3.05) is 7.11 Å². The third-order valence-electron chi connectivity index (χ3n) is 3.10. The SMILES string of the molecule is COc1ccc(C(=O)c2cccc3nccnc23)cc1. The van der Waals surface area contributed by atoms with Crippen LogP contribution in [-0.2, 0) is 0 Å². The van der Waals surface area contributed by atoms with E-state index in [9.17, 15) is 4.79 Å². The number of carbonyl (C=O) groups excluding carboxylic acids is 1. The van der Waals surface area contributed by atoms with Gasteiger partial charge in [0.25, 0.3) is 0 Å². The monoisotopic (exact) mass is 264 g/mol. The fourth-order valence-electron chi connectivity index (χ4n) is 2.07.